The van der Waals surface area contributed by atoms with Crippen LogP contribution in [0, 0.1) is 5.41 Å². The van der Waals surface area contributed by atoms with Gasteiger partial charge in [0.1, 0.15) is 0 Å². The Labute approximate surface area is 114 Å². The molecule has 0 radical (unpaired) electrons. The van der Waals surface area contributed by atoms with E-state index in [9.17, 15) is 4.79 Å². The predicted octanol–water partition coefficient (Wildman–Crippen LogP) is 0.995. The summed E-state index contributed by atoms with van der Waals surface area (Å²) in [5.41, 5.74) is 5.28. The Morgan fingerprint density at radius 3 is 2.11 bits per heavy atom. The fraction of sp³-hybridized carbons (Fsp3) is 0.846. The molecular weight excluding hydrogens is 246 g/mol. The van der Waals surface area contributed by atoms with Gasteiger partial charge in [0, 0.05) is 32.2 Å². The lowest BCUT2D eigenvalue weighted by Crippen LogP contribution is -2.59. The highest BCUT2D eigenvalue weighted by Gasteiger charge is 2.49. The molecule has 0 aromatic rings. The Hall–Kier alpha value is -0.680. The smallest absolute Gasteiger partial charge is 0.235 e. The van der Waals surface area contributed by atoms with Crippen molar-refractivity contribution < 1.29 is 4.79 Å². The first-order valence-electron chi connectivity index (χ1n) is 6.81. The van der Waals surface area contributed by atoms with Crippen molar-refractivity contribution in [1.82, 2.24) is 9.80 Å². The molecule has 1 saturated carbocycles. The molecule has 0 unspecified atom stereocenters. The van der Waals surface area contributed by atoms with E-state index >= 15 is 0 Å². The SMILES string of the molecule is CC(C)N1CCN(C(=O)C2(C(N)=S)CCC2)CC1. The van der Waals surface area contributed by atoms with Gasteiger partial charge < -0.3 is 10.6 Å². The topological polar surface area (TPSA) is 49.6 Å². The molecule has 2 rings (SSSR count). The summed E-state index contributed by atoms with van der Waals surface area (Å²) in [5.74, 6) is 0.171. The lowest BCUT2D eigenvalue weighted by molar-refractivity contribution is -0.144. The summed E-state index contributed by atoms with van der Waals surface area (Å²) in [6, 6.07) is 0.551. The van der Waals surface area contributed by atoms with Crippen molar-refractivity contribution in [3.63, 3.8) is 0 Å². The van der Waals surface area contributed by atoms with Crippen LogP contribution in [-0.2, 0) is 4.79 Å². The number of thiocarbonyl (C=S) groups is 1. The van der Waals surface area contributed by atoms with Crippen LogP contribution in [0.3, 0.4) is 0 Å². The maximum Gasteiger partial charge on any atom is 0.235 e. The second kappa shape index (κ2) is 5.13. The minimum absolute atomic E-state index is 0.171. The number of nitrogens with zero attached hydrogens (tertiary/aromatic N) is 2. The molecular formula is C13H23N3OS. The monoisotopic (exact) mass is 269 g/mol. The molecule has 2 fully saturated rings. The Bertz CT molecular complexity index is 344. The number of piperazine rings is 1. The second-order valence-electron chi connectivity index (χ2n) is 5.72. The summed E-state index contributed by atoms with van der Waals surface area (Å²) < 4.78 is 0. The van der Waals surface area contributed by atoms with Crippen molar-refractivity contribution >= 4 is 23.1 Å². The third-order valence-corrected chi connectivity index (χ3v) is 4.81. The average molecular weight is 269 g/mol. The fourth-order valence-electron chi connectivity index (χ4n) is 2.84. The molecule has 2 aliphatic rings. The van der Waals surface area contributed by atoms with Gasteiger partial charge in [-0.2, -0.15) is 0 Å². The molecule has 1 heterocycles. The summed E-state index contributed by atoms with van der Waals surface area (Å²) in [6.07, 6.45) is 2.74. The number of nitrogens with two attached hydrogens (primary N) is 1. The summed E-state index contributed by atoms with van der Waals surface area (Å²) >= 11 is 5.11. The zero-order valence-electron chi connectivity index (χ0n) is 11.3. The quantitative estimate of drug-likeness (QED) is 0.777. The molecule has 102 valence electrons. The maximum atomic E-state index is 12.6. The number of rotatable bonds is 3. The number of amides is 1. The Kier molecular flexibility index (Phi) is 3.92. The maximum absolute atomic E-state index is 12.6. The van der Waals surface area contributed by atoms with E-state index in [1.807, 2.05) is 4.90 Å². The van der Waals surface area contributed by atoms with E-state index in [4.69, 9.17) is 18.0 Å². The average Bonchev–Trinajstić information content (AvgIpc) is 2.27. The predicted molar refractivity (Wildman–Crippen MR) is 76.4 cm³/mol. The van der Waals surface area contributed by atoms with Gasteiger partial charge in [0.05, 0.1) is 10.4 Å². The molecule has 1 aliphatic heterocycles. The molecule has 0 aromatic heterocycles. The highest BCUT2D eigenvalue weighted by Crippen LogP contribution is 2.43. The lowest BCUT2D eigenvalue weighted by atomic mass is 9.67. The molecule has 2 N–H and O–H groups in total. The molecule has 1 amide bonds. The normalized spacial score (nSPS) is 23.8. The van der Waals surface area contributed by atoms with Crippen molar-refractivity contribution in [3.05, 3.63) is 0 Å². The van der Waals surface area contributed by atoms with Crippen LogP contribution in [0.1, 0.15) is 33.1 Å². The van der Waals surface area contributed by atoms with Crippen molar-refractivity contribution in [2.45, 2.75) is 39.2 Å². The molecule has 0 atom stereocenters. The fourth-order valence-corrected chi connectivity index (χ4v) is 3.13. The van der Waals surface area contributed by atoms with E-state index in [-0.39, 0.29) is 5.91 Å². The first-order valence-corrected chi connectivity index (χ1v) is 7.21. The lowest BCUT2D eigenvalue weighted by Gasteiger charge is -2.45. The highest BCUT2D eigenvalue weighted by molar-refractivity contribution is 7.80. The molecule has 1 saturated heterocycles. The van der Waals surface area contributed by atoms with E-state index < -0.39 is 5.41 Å². The van der Waals surface area contributed by atoms with E-state index in [0.717, 1.165) is 45.4 Å². The van der Waals surface area contributed by atoms with Gasteiger partial charge in [-0.25, -0.2) is 0 Å². The Morgan fingerprint density at radius 1 is 1.22 bits per heavy atom. The number of hydrogen-bond donors (Lipinski definition) is 1. The van der Waals surface area contributed by atoms with Gasteiger partial charge in [0.15, 0.2) is 0 Å². The van der Waals surface area contributed by atoms with Gasteiger partial charge in [-0.1, -0.05) is 18.6 Å². The Balaban J connectivity index is 1.97. The van der Waals surface area contributed by atoms with Gasteiger partial charge in [-0.05, 0) is 26.7 Å². The van der Waals surface area contributed by atoms with Crippen molar-refractivity contribution in [1.29, 1.82) is 0 Å². The zero-order valence-corrected chi connectivity index (χ0v) is 12.1. The van der Waals surface area contributed by atoms with E-state index in [0.29, 0.717) is 11.0 Å². The molecule has 5 heteroatoms. The third kappa shape index (κ3) is 2.26. The van der Waals surface area contributed by atoms with E-state index in [1.54, 1.807) is 0 Å². The van der Waals surface area contributed by atoms with Crippen LogP contribution in [0.5, 0.6) is 0 Å². The molecule has 18 heavy (non-hydrogen) atoms. The molecule has 0 bridgehead atoms. The molecule has 0 aromatic carbocycles. The molecule has 1 aliphatic carbocycles. The van der Waals surface area contributed by atoms with Crippen LogP contribution in [-0.4, -0.2) is 52.9 Å². The van der Waals surface area contributed by atoms with Gasteiger partial charge in [0.2, 0.25) is 5.91 Å². The van der Waals surface area contributed by atoms with Crippen LogP contribution in [0.25, 0.3) is 0 Å². The third-order valence-electron chi connectivity index (χ3n) is 4.42. The summed E-state index contributed by atoms with van der Waals surface area (Å²) in [7, 11) is 0. The van der Waals surface area contributed by atoms with Crippen molar-refractivity contribution in [2.75, 3.05) is 26.2 Å². The van der Waals surface area contributed by atoms with Gasteiger partial charge in [-0.15, -0.1) is 0 Å². The summed E-state index contributed by atoms with van der Waals surface area (Å²) in [4.78, 5) is 17.3. The highest BCUT2D eigenvalue weighted by atomic mass is 32.1. The van der Waals surface area contributed by atoms with Gasteiger partial charge in [0.25, 0.3) is 0 Å². The van der Waals surface area contributed by atoms with Crippen LogP contribution in [0.4, 0.5) is 0 Å². The summed E-state index contributed by atoms with van der Waals surface area (Å²) in [6.45, 7) is 7.91. The van der Waals surface area contributed by atoms with Crippen LogP contribution in [0.15, 0.2) is 0 Å². The first kappa shape index (κ1) is 13.7. The molecule has 4 nitrogen and oxygen atoms in total. The number of carbonyl (C=O) groups is 1. The molecule has 0 spiro atoms. The van der Waals surface area contributed by atoms with Crippen LogP contribution in [0.2, 0.25) is 0 Å². The van der Waals surface area contributed by atoms with Crippen LogP contribution < -0.4 is 5.73 Å². The minimum atomic E-state index is -0.505. The van der Waals surface area contributed by atoms with Gasteiger partial charge in [-0.3, -0.25) is 9.69 Å². The largest absolute Gasteiger partial charge is 0.392 e. The number of carbonyl (C=O) groups excluding carboxylic acids is 1. The number of hydrogen-bond acceptors (Lipinski definition) is 3. The Morgan fingerprint density at radius 2 is 1.78 bits per heavy atom. The van der Waals surface area contributed by atoms with E-state index in [2.05, 4.69) is 18.7 Å². The van der Waals surface area contributed by atoms with Gasteiger partial charge >= 0.3 is 0 Å². The standard InChI is InChI=1S/C13H23N3OS/c1-10(2)15-6-8-16(9-7-15)12(17)13(11(14)18)4-3-5-13/h10H,3-9H2,1-2H3,(H2,14,18). The van der Waals surface area contributed by atoms with Crippen molar-refractivity contribution in [3.8, 4) is 0 Å². The van der Waals surface area contributed by atoms with Crippen LogP contribution >= 0.6 is 12.2 Å². The second-order valence-corrected chi connectivity index (χ2v) is 6.16. The zero-order chi connectivity index (χ0) is 13.3. The van der Waals surface area contributed by atoms with Crippen molar-refractivity contribution in [2.24, 2.45) is 11.1 Å². The first-order chi connectivity index (χ1) is 8.47. The minimum Gasteiger partial charge on any atom is -0.392 e. The van der Waals surface area contributed by atoms with E-state index in [1.165, 1.54) is 0 Å². The summed E-state index contributed by atoms with van der Waals surface area (Å²) in [5, 5.41) is 0.